The van der Waals surface area contributed by atoms with Gasteiger partial charge >= 0.3 is 0 Å². The second kappa shape index (κ2) is 8.64. The molecule has 0 aliphatic carbocycles. The molecular weight excluding hydrogens is 492 g/mol. The van der Waals surface area contributed by atoms with Gasteiger partial charge in [-0.15, -0.1) is 10.2 Å². The average molecular weight is 505 g/mol. The van der Waals surface area contributed by atoms with E-state index in [9.17, 15) is 25.0 Å². The highest BCUT2D eigenvalue weighted by Gasteiger charge is 2.53. The number of aromatic nitrogens is 4. The standard InChI is InChI=1S/C14H13ClN8O5S3/c15-12-19-20-14(30-12)29-4-2-1-3-5(10(25)23(3)7(4)11(26)27)17-9(24)6(21-28)8-18-13(16)31-22-8/h3,5,11,26-28H,1-2H2,(H,17,24)(H2,16,18,22)/b21-6-/t3?,5-/m0/s1. The van der Waals surface area contributed by atoms with Gasteiger partial charge in [-0.3, -0.25) is 9.59 Å². The highest BCUT2D eigenvalue weighted by molar-refractivity contribution is 8.04. The molecule has 2 aliphatic rings. The van der Waals surface area contributed by atoms with E-state index in [0.29, 0.717) is 22.1 Å². The molecule has 0 radical (unpaired) electrons. The smallest absolute Gasteiger partial charge is 0.278 e. The molecule has 0 aromatic carbocycles. The molecule has 13 nitrogen and oxygen atoms in total. The van der Waals surface area contributed by atoms with Gasteiger partial charge in [-0.2, -0.15) is 9.36 Å². The quantitative estimate of drug-likeness (QED) is 0.113. The van der Waals surface area contributed by atoms with Gasteiger partial charge in [0.2, 0.25) is 16.0 Å². The zero-order valence-corrected chi connectivity index (χ0v) is 18.4. The van der Waals surface area contributed by atoms with Crippen LogP contribution in [0.1, 0.15) is 18.7 Å². The Balaban J connectivity index is 1.51. The second-order valence-electron chi connectivity index (χ2n) is 6.28. The van der Waals surface area contributed by atoms with E-state index in [1.54, 1.807) is 0 Å². The number of carbonyl (C=O) groups is 2. The number of oxime groups is 1. The number of nitrogens with zero attached hydrogens (tertiary/aromatic N) is 6. The number of halogens is 1. The Morgan fingerprint density at radius 3 is 2.77 bits per heavy atom. The number of carbonyl (C=O) groups excluding carboxylic acids is 2. The lowest BCUT2D eigenvalue weighted by Gasteiger charge is -2.51. The van der Waals surface area contributed by atoms with Gasteiger partial charge in [-0.25, -0.2) is 0 Å². The number of amides is 2. The third kappa shape index (κ3) is 4.09. The van der Waals surface area contributed by atoms with Crippen molar-refractivity contribution in [3.63, 3.8) is 0 Å². The third-order valence-corrected chi connectivity index (χ3v) is 7.30. The lowest BCUT2D eigenvalue weighted by Crippen LogP contribution is -2.72. The molecule has 164 valence electrons. The van der Waals surface area contributed by atoms with Crippen molar-refractivity contribution in [3.05, 3.63) is 20.9 Å². The van der Waals surface area contributed by atoms with E-state index in [-0.39, 0.29) is 21.1 Å². The minimum atomic E-state index is -1.91. The van der Waals surface area contributed by atoms with E-state index < -0.39 is 35.9 Å². The van der Waals surface area contributed by atoms with Gasteiger partial charge in [0.05, 0.1) is 11.7 Å². The summed E-state index contributed by atoms with van der Waals surface area (Å²) in [5.74, 6) is -1.58. The number of thioether (sulfide) groups is 1. The monoisotopic (exact) mass is 504 g/mol. The molecule has 4 heterocycles. The van der Waals surface area contributed by atoms with Crippen LogP contribution in [0.15, 0.2) is 20.1 Å². The molecule has 1 unspecified atom stereocenters. The lowest BCUT2D eigenvalue weighted by atomic mass is 9.86. The van der Waals surface area contributed by atoms with Crippen molar-refractivity contribution in [1.29, 1.82) is 0 Å². The minimum absolute atomic E-state index is 0.0214. The fourth-order valence-corrected chi connectivity index (χ4v) is 5.94. The Morgan fingerprint density at radius 2 is 2.19 bits per heavy atom. The predicted molar refractivity (Wildman–Crippen MR) is 110 cm³/mol. The third-order valence-electron chi connectivity index (χ3n) is 4.52. The topological polar surface area (TPSA) is 200 Å². The lowest BCUT2D eigenvalue weighted by molar-refractivity contribution is -0.155. The summed E-state index contributed by atoms with van der Waals surface area (Å²) in [6.45, 7) is 0. The summed E-state index contributed by atoms with van der Waals surface area (Å²) in [5, 5.41) is 42.0. The van der Waals surface area contributed by atoms with E-state index in [1.807, 2.05) is 0 Å². The number of rotatable bonds is 6. The molecule has 2 aromatic heterocycles. The highest BCUT2D eigenvalue weighted by Crippen LogP contribution is 2.44. The number of anilines is 1. The summed E-state index contributed by atoms with van der Waals surface area (Å²) in [5.41, 5.74) is 5.01. The first-order chi connectivity index (χ1) is 14.8. The van der Waals surface area contributed by atoms with E-state index in [4.69, 9.17) is 17.3 Å². The summed E-state index contributed by atoms with van der Waals surface area (Å²) in [7, 11) is 0. The van der Waals surface area contributed by atoms with Crippen LogP contribution in [0.5, 0.6) is 0 Å². The number of aliphatic hydroxyl groups is 2. The zero-order valence-electron chi connectivity index (χ0n) is 15.2. The van der Waals surface area contributed by atoms with Crippen molar-refractivity contribution in [2.24, 2.45) is 5.16 Å². The second-order valence-corrected chi connectivity index (χ2v) is 9.96. The van der Waals surface area contributed by atoms with Crippen molar-refractivity contribution in [2.75, 3.05) is 5.73 Å². The van der Waals surface area contributed by atoms with Gasteiger partial charge in [-0.1, -0.05) is 28.3 Å². The summed E-state index contributed by atoms with van der Waals surface area (Å²) in [6, 6.07) is -1.46. The first-order valence-corrected chi connectivity index (χ1v) is 11.3. The van der Waals surface area contributed by atoms with Crippen LogP contribution in [-0.4, -0.2) is 75.8 Å². The Labute approximate surface area is 190 Å². The van der Waals surface area contributed by atoms with Gasteiger partial charge in [0.25, 0.3) is 11.8 Å². The first-order valence-electron chi connectivity index (χ1n) is 8.51. The van der Waals surface area contributed by atoms with Crippen molar-refractivity contribution in [1.82, 2.24) is 29.8 Å². The molecule has 0 bridgehead atoms. The van der Waals surface area contributed by atoms with Crippen LogP contribution in [0.25, 0.3) is 0 Å². The van der Waals surface area contributed by atoms with Crippen LogP contribution in [0, 0.1) is 0 Å². The van der Waals surface area contributed by atoms with Crippen molar-refractivity contribution in [2.45, 2.75) is 35.6 Å². The van der Waals surface area contributed by atoms with E-state index in [2.05, 4.69) is 30.0 Å². The number of hydrogen-bond acceptors (Lipinski definition) is 14. The fourth-order valence-electron chi connectivity index (χ4n) is 3.28. The van der Waals surface area contributed by atoms with Gasteiger partial charge in [-0.05, 0) is 24.4 Å². The van der Waals surface area contributed by atoms with E-state index in [0.717, 1.165) is 34.6 Å². The predicted octanol–water partition coefficient (Wildman–Crippen LogP) is -0.392. The maximum absolute atomic E-state index is 12.7. The molecule has 6 N–H and O–H groups in total. The zero-order chi connectivity index (χ0) is 22.3. The van der Waals surface area contributed by atoms with Crippen molar-refractivity contribution in [3.8, 4) is 0 Å². The van der Waals surface area contributed by atoms with Crippen LogP contribution in [0.2, 0.25) is 4.47 Å². The molecule has 17 heteroatoms. The van der Waals surface area contributed by atoms with Gasteiger partial charge in [0.15, 0.2) is 15.8 Å². The largest absolute Gasteiger partial charge is 0.410 e. The molecule has 0 spiro atoms. The maximum atomic E-state index is 12.7. The number of aliphatic hydroxyl groups excluding tert-OH is 1. The molecular formula is C14H13ClN8O5S3. The summed E-state index contributed by atoms with van der Waals surface area (Å²) < 4.78 is 4.54. The Bertz CT molecular complexity index is 1100. The van der Waals surface area contributed by atoms with Crippen LogP contribution in [0.4, 0.5) is 5.13 Å². The number of β-lactam (4-membered cyclic amide) rings is 1. The number of nitrogens with two attached hydrogens (primary N) is 1. The van der Waals surface area contributed by atoms with Crippen LogP contribution < -0.4 is 11.1 Å². The van der Waals surface area contributed by atoms with Gasteiger partial charge < -0.3 is 31.4 Å². The number of nitrogens with one attached hydrogen (secondary N) is 1. The number of allylic oxidation sites excluding steroid dienone is 1. The number of hydrogen-bond donors (Lipinski definition) is 5. The first kappa shape index (κ1) is 21.8. The molecule has 0 saturated carbocycles. The summed E-state index contributed by atoms with van der Waals surface area (Å²) in [6.07, 6.45) is -1.07. The highest BCUT2D eigenvalue weighted by atomic mass is 35.5. The van der Waals surface area contributed by atoms with Crippen LogP contribution in [-0.2, 0) is 9.59 Å². The van der Waals surface area contributed by atoms with E-state index in [1.165, 1.54) is 4.90 Å². The molecule has 2 aromatic rings. The maximum Gasteiger partial charge on any atom is 0.278 e. The SMILES string of the molecule is Nc1nc(/C(=N/O)C(=O)N[C@@H]2C(=O)N3C(C(O)O)=C(Sc4nnc(Cl)s4)CCC23)ns1. The van der Waals surface area contributed by atoms with Crippen molar-refractivity contribution >= 4 is 68.9 Å². The minimum Gasteiger partial charge on any atom is -0.410 e. The fraction of sp³-hybridized carbons (Fsp3) is 0.357. The number of nitrogen functional groups attached to an aromatic ring is 1. The Kier molecular flexibility index (Phi) is 6.09. The summed E-state index contributed by atoms with van der Waals surface area (Å²) >= 11 is 8.87. The Hall–Kier alpha value is -2.37. The molecule has 4 rings (SSSR count). The van der Waals surface area contributed by atoms with Crippen LogP contribution in [0.3, 0.4) is 0 Å². The molecule has 2 atom stereocenters. The number of fused-ring (bicyclic) bond motifs is 1. The van der Waals surface area contributed by atoms with Crippen molar-refractivity contribution < 1.29 is 25.0 Å². The van der Waals surface area contributed by atoms with E-state index >= 15 is 0 Å². The molecule has 1 fully saturated rings. The molecule has 1 saturated heterocycles. The normalized spacial score (nSPS) is 21.4. The average Bonchev–Trinajstić information content (AvgIpc) is 3.34. The Morgan fingerprint density at radius 1 is 1.42 bits per heavy atom. The molecule has 31 heavy (non-hydrogen) atoms. The van der Waals surface area contributed by atoms with Crippen LogP contribution >= 0.6 is 46.2 Å². The summed E-state index contributed by atoms with van der Waals surface area (Å²) in [4.78, 5) is 30.8. The molecule has 2 amide bonds. The van der Waals surface area contributed by atoms with Gasteiger partial charge in [0.1, 0.15) is 6.04 Å². The molecule has 2 aliphatic heterocycles. The van der Waals surface area contributed by atoms with Gasteiger partial charge in [0, 0.05) is 16.4 Å².